The molecule has 0 aromatic heterocycles. The van der Waals surface area contributed by atoms with Gasteiger partial charge in [-0.2, -0.15) is 0 Å². The summed E-state index contributed by atoms with van der Waals surface area (Å²) in [5, 5.41) is 10.9. The van der Waals surface area contributed by atoms with Crippen LogP contribution in [-0.4, -0.2) is 11.7 Å². The van der Waals surface area contributed by atoms with E-state index in [2.05, 4.69) is 45.9 Å². The zero-order chi connectivity index (χ0) is 13.6. The predicted molar refractivity (Wildman–Crippen MR) is 75.6 cm³/mol. The fourth-order valence-corrected chi connectivity index (χ4v) is 2.61. The monoisotopic (exact) mass is 247 g/mol. The molecule has 0 aliphatic heterocycles. The minimum absolute atomic E-state index is 0.0987. The summed E-state index contributed by atoms with van der Waals surface area (Å²) < 4.78 is 0. The number of hydrogen-bond donors (Lipinski definition) is 2. The van der Waals surface area contributed by atoms with Gasteiger partial charge in [0.25, 0.3) is 0 Å². The van der Waals surface area contributed by atoms with Crippen molar-refractivity contribution in [1.29, 1.82) is 0 Å². The lowest BCUT2D eigenvalue weighted by Gasteiger charge is -2.31. The van der Waals surface area contributed by atoms with E-state index < -0.39 is 5.60 Å². The van der Waals surface area contributed by atoms with Crippen LogP contribution in [-0.2, 0) is 11.0 Å². The second kappa shape index (κ2) is 4.36. The highest BCUT2D eigenvalue weighted by molar-refractivity contribution is 5.39. The lowest BCUT2D eigenvalue weighted by atomic mass is 9.80. The third-order valence-corrected chi connectivity index (χ3v) is 4.13. The third kappa shape index (κ3) is 2.32. The van der Waals surface area contributed by atoms with Crippen molar-refractivity contribution < 1.29 is 5.11 Å². The Labute approximate surface area is 110 Å². The van der Waals surface area contributed by atoms with Gasteiger partial charge in [0.2, 0.25) is 0 Å². The molecule has 1 aliphatic carbocycles. The molecule has 1 fully saturated rings. The van der Waals surface area contributed by atoms with E-state index in [9.17, 15) is 5.11 Å². The molecule has 0 radical (unpaired) electrons. The Hall–Kier alpha value is -0.860. The summed E-state index contributed by atoms with van der Waals surface area (Å²) in [7, 11) is 0. The summed E-state index contributed by atoms with van der Waals surface area (Å²) in [6, 6.07) is 6.42. The zero-order valence-electron chi connectivity index (χ0n) is 12.0. The van der Waals surface area contributed by atoms with Crippen LogP contribution in [0.2, 0.25) is 0 Å². The maximum absolute atomic E-state index is 10.9. The maximum Gasteiger partial charge on any atom is 0.105 e. The molecular formula is C16H25NO. The van der Waals surface area contributed by atoms with Crippen molar-refractivity contribution in [3.05, 3.63) is 34.9 Å². The van der Waals surface area contributed by atoms with Gasteiger partial charge in [-0.25, -0.2) is 0 Å². The molecular weight excluding hydrogens is 222 g/mol. The van der Waals surface area contributed by atoms with Gasteiger partial charge in [-0.15, -0.1) is 0 Å². The summed E-state index contributed by atoms with van der Waals surface area (Å²) >= 11 is 0. The van der Waals surface area contributed by atoms with Crippen LogP contribution in [0.1, 0.15) is 50.3 Å². The summed E-state index contributed by atoms with van der Waals surface area (Å²) in [6.45, 7) is 8.96. The van der Waals surface area contributed by atoms with Crippen LogP contribution in [0, 0.1) is 12.8 Å². The lowest BCUT2D eigenvalue weighted by molar-refractivity contribution is 0.0215. The van der Waals surface area contributed by atoms with Crippen molar-refractivity contribution in [2.75, 3.05) is 6.54 Å². The summed E-state index contributed by atoms with van der Waals surface area (Å²) in [6.07, 6.45) is 2.18. The molecule has 0 amide bonds. The molecule has 0 spiro atoms. The highest BCUT2D eigenvalue weighted by Gasteiger charge is 2.45. The molecule has 1 aromatic rings. The van der Waals surface area contributed by atoms with E-state index in [1.54, 1.807) is 0 Å². The lowest BCUT2D eigenvalue weighted by Crippen LogP contribution is -2.38. The minimum Gasteiger partial charge on any atom is -0.384 e. The molecule has 2 nitrogen and oxygen atoms in total. The zero-order valence-corrected chi connectivity index (χ0v) is 12.0. The largest absolute Gasteiger partial charge is 0.384 e. The van der Waals surface area contributed by atoms with E-state index >= 15 is 0 Å². The van der Waals surface area contributed by atoms with E-state index in [1.807, 2.05) is 0 Å². The van der Waals surface area contributed by atoms with Gasteiger partial charge in [-0.3, -0.25) is 0 Å². The Bertz CT molecular complexity index is 443. The Morgan fingerprint density at radius 2 is 1.89 bits per heavy atom. The van der Waals surface area contributed by atoms with Gasteiger partial charge in [0, 0.05) is 6.54 Å². The first kappa shape index (κ1) is 13.6. The first-order valence-corrected chi connectivity index (χ1v) is 6.83. The third-order valence-electron chi connectivity index (χ3n) is 4.13. The van der Waals surface area contributed by atoms with Crippen LogP contribution in [0.3, 0.4) is 0 Å². The predicted octanol–water partition coefficient (Wildman–Crippen LogP) is 2.85. The van der Waals surface area contributed by atoms with Gasteiger partial charge < -0.3 is 10.8 Å². The smallest absolute Gasteiger partial charge is 0.105 e. The highest BCUT2D eigenvalue weighted by atomic mass is 16.3. The van der Waals surface area contributed by atoms with Crippen molar-refractivity contribution in [2.45, 2.75) is 51.6 Å². The molecule has 1 unspecified atom stereocenters. The fourth-order valence-electron chi connectivity index (χ4n) is 2.61. The molecule has 1 atom stereocenters. The first-order chi connectivity index (χ1) is 8.29. The fraction of sp³-hybridized carbons (Fsp3) is 0.625. The molecule has 2 rings (SSSR count). The Morgan fingerprint density at radius 3 is 2.33 bits per heavy atom. The second-order valence-electron chi connectivity index (χ2n) is 6.68. The summed E-state index contributed by atoms with van der Waals surface area (Å²) in [5.74, 6) is 0.344. The van der Waals surface area contributed by atoms with Gasteiger partial charge in [0.05, 0.1) is 0 Å². The van der Waals surface area contributed by atoms with Crippen LogP contribution < -0.4 is 5.73 Å². The van der Waals surface area contributed by atoms with Crippen LogP contribution in [0.25, 0.3) is 0 Å². The van der Waals surface area contributed by atoms with Crippen LogP contribution >= 0.6 is 0 Å². The standard InChI is InChI=1S/C16H25NO/c1-11-5-6-13(15(2,3)4)9-14(11)16(18,10-17)12-7-8-12/h5-6,9,12,18H,7-8,10,17H2,1-4H3. The van der Waals surface area contributed by atoms with Crippen LogP contribution in [0.5, 0.6) is 0 Å². The summed E-state index contributed by atoms with van der Waals surface area (Å²) in [5.41, 5.74) is 8.56. The average Bonchev–Trinajstić information content (AvgIpc) is 3.11. The Balaban J connectivity index is 2.49. The molecule has 1 saturated carbocycles. The van der Waals surface area contributed by atoms with Crippen LogP contribution in [0.4, 0.5) is 0 Å². The van der Waals surface area contributed by atoms with Crippen molar-refractivity contribution >= 4 is 0 Å². The molecule has 0 bridgehead atoms. The van der Waals surface area contributed by atoms with E-state index in [-0.39, 0.29) is 5.41 Å². The van der Waals surface area contributed by atoms with Crippen molar-refractivity contribution in [3.63, 3.8) is 0 Å². The molecule has 0 saturated heterocycles. The molecule has 18 heavy (non-hydrogen) atoms. The molecule has 3 N–H and O–H groups in total. The molecule has 1 aliphatic rings. The molecule has 2 heteroatoms. The van der Waals surface area contributed by atoms with Gasteiger partial charge in [0.15, 0.2) is 0 Å². The van der Waals surface area contributed by atoms with E-state index in [1.165, 1.54) is 5.56 Å². The van der Waals surface area contributed by atoms with Gasteiger partial charge in [-0.05, 0) is 47.8 Å². The van der Waals surface area contributed by atoms with Crippen molar-refractivity contribution in [3.8, 4) is 0 Å². The number of rotatable bonds is 3. The number of nitrogens with two attached hydrogens (primary N) is 1. The first-order valence-electron chi connectivity index (χ1n) is 6.83. The minimum atomic E-state index is -0.828. The summed E-state index contributed by atoms with van der Waals surface area (Å²) in [4.78, 5) is 0. The Kier molecular flexibility index (Phi) is 3.28. The molecule has 100 valence electrons. The van der Waals surface area contributed by atoms with Crippen LogP contribution in [0.15, 0.2) is 18.2 Å². The molecule has 1 aromatic carbocycles. The second-order valence-corrected chi connectivity index (χ2v) is 6.68. The van der Waals surface area contributed by atoms with Gasteiger partial charge >= 0.3 is 0 Å². The number of benzene rings is 1. The van der Waals surface area contributed by atoms with E-state index in [4.69, 9.17) is 5.73 Å². The van der Waals surface area contributed by atoms with E-state index in [0.717, 1.165) is 24.0 Å². The van der Waals surface area contributed by atoms with Gasteiger partial charge in [0.1, 0.15) is 5.60 Å². The number of aryl methyl sites for hydroxylation is 1. The normalized spacial score (nSPS) is 19.7. The van der Waals surface area contributed by atoms with Crippen molar-refractivity contribution in [1.82, 2.24) is 0 Å². The maximum atomic E-state index is 10.9. The molecule has 0 heterocycles. The SMILES string of the molecule is Cc1ccc(C(C)(C)C)cc1C(O)(CN)C1CC1. The highest BCUT2D eigenvalue weighted by Crippen LogP contribution is 2.46. The number of aliphatic hydroxyl groups is 1. The van der Waals surface area contributed by atoms with Gasteiger partial charge in [-0.1, -0.05) is 39.0 Å². The van der Waals surface area contributed by atoms with Crippen molar-refractivity contribution in [2.24, 2.45) is 11.7 Å². The Morgan fingerprint density at radius 1 is 1.28 bits per heavy atom. The average molecular weight is 247 g/mol. The number of hydrogen-bond acceptors (Lipinski definition) is 2. The quantitative estimate of drug-likeness (QED) is 0.862. The topological polar surface area (TPSA) is 46.2 Å². The van der Waals surface area contributed by atoms with E-state index in [0.29, 0.717) is 12.5 Å².